The number of fused-ring (bicyclic) bond motifs is 4. The van der Waals surface area contributed by atoms with E-state index < -0.39 is 0 Å². The van der Waals surface area contributed by atoms with Crippen LogP contribution in [0.3, 0.4) is 0 Å². The molecule has 0 fully saturated rings. The maximum atomic E-state index is 2.48. The fraction of sp³-hybridized carbons (Fsp3) is 0. The molecule has 0 N–H and O–H groups in total. The summed E-state index contributed by atoms with van der Waals surface area (Å²) in [5.74, 6) is 0. The van der Waals surface area contributed by atoms with Crippen LogP contribution < -0.4 is 4.90 Å². The molecule has 10 aromatic carbocycles. The molecule has 0 amide bonds. The van der Waals surface area contributed by atoms with Gasteiger partial charge in [0, 0.05) is 22.3 Å². The zero-order valence-corrected chi connectivity index (χ0v) is 30.3. The molecule has 0 saturated heterocycles. The summed E-state index contributed by atoms with van der Waals surface area (Å²) in [6, 6.07) is 81.6. The molecule has 0 aromatic heterocycles. The summed E-state index contributed by atoms with van der Waals surface area (Å²) in [4.78, 5) is 2.48. The minimum absolute atomic E-state index is 1.09. The number of rotatable bonds is 7. The van der Waals surface area contributed by atoms with E-state index in [0.717, 1.165) is 17.1 Å². The van der Waals surface area contributed by atoms with Gasteiger partial charge in [-0.25, -0.2) is 0 Å². The van der Waals surface area contributed by atoms with Crippen LogP contribution in [0.1, 0.15) is 0 Å². The van der Waals surface area contributed by atoms with Crippen molar-refractivity contribution in [3.05, 3.63) is 224 Å². The first-order chi connectivity index (χ1) is 27.3. The Hall–Kier alpha value is -7.22. The van der Waals surface area contributed by atoms with Gasteiger partial charge in [-0.15, -0.1) is 0 Å². The van der Waals surface area contributed by atoms with Crippen LogP contribution in [0.25, 0.3) is 76.8 Å². The highest BCUT2D eigenvalue weighted by Gasteiger charge is 2.24. The molecule has 0 aliphatic carbocycles. The monoisotopic (exact) mass is 699 g/mol. The standard InChI is InChI=1S/C54H37N/c1-3-16-38(17-4-1)40-32-34-45(35-33-40)55(46-25-14-22-42(37-46)39-18-5-2-6-19-39)54-52-30-12-10-28-50(52)49-27-9-11-29-51(49)53(54)44-24-13-23-43(36-44)48-31-15-21-41-20-7-8-26-47(41)48/h1-37H. The Balaban J connectivity index is 1.28. The molecule has 0 unspecified atom stereocenters. The quantitative estimate of drug-likeness (QED) is 0.150. The summed E-state index contributed by atoms with van der Waals surface area (Å²) in [6.07, 6.45) is 0. The van der Waals surface area contributed by atoms with E-state index >= 15 is 0 Å². The highest BCUT2D eigenvalue weighted by Crippen LogP contribution is 2.50. The van der Waals surface area contributed by atoms with Gasteiger partial charge in [-0.05, 0) is 96.2 Å². The maximum absolute atomic E-state index is 2.48. The molecule has 0 aliphatic heterocycles. The van der Waals surface area contributed by atoms with E-state index in [4.69, 9.17) is 0 Å². The van der Waals surface area contributed by atoms with E-state index in [0.29, 0.717) is 0 Å². The number of benzene rings is 10. The highest BCUT2D eigenvalue weighted by atomic mass is 15.1. The lowest BCUT2D eigenvalue weighted by atomic mass is 9.88. The van der Waals surface area contributed by atoms with Crippen LogP contribution in [0.4, 0.5) is 17.1 Å². The molecule has 10 aromatic rings. The van der Waals surface area contributed by atoms with Crippen LogP contribution in [-0.4, -0.2) is 0 Å². The molecule has 0 radical (unpaired) electrons. The molecule has 1 heteroatoms. The molecule has 0 heterocycles. The summed E-state index contributed by atoms with van der Waals surface area (Å²) in [5, 5.41) is 7.38. The van der Waals surface area contributed by atoms with Crippen molar-refractivity contribution in [2.45, 2.75) is 0 Å². The lowest BCUT2D eigenvalue weighted by molar-refractivity contribution is 1.30. The van der Waals surface area contributed by atoms with Crippen molar-refractivity contribution in [1.82, 2.24) is 0 Å². The van der Waals surface area contributed by atoms with Gasteiger partial charge < -0.3 is 4.90 Å². The Bertz CT molecular complexity index is 2960. The Labute approximate surface area is 322 Å². The Morgan fingerprint density at radius 1 is 0.255 bits per heavy atom. The Morgan fingerprint density at radius 3 is 1.49 bits per heavy atom. The lowest BCUT2D eigenvalue weighted by Gasteiger charge is -2.31. The summed E-state index contributed by atoms with van der Waals surface area (Å²) >= 11 is 0. The molecular weight excluding hydrogens is 663 g/mol. The second kappa shape index (κ2) is 14.0. The van der Waals surface area contributed by atoms with Crippen LogP contribution in [-0.2, 0) is 0 Å². The molecule has 0 saturated carbocycles. The molecule has 10 rings (SSSR count). The third-order valence-electron chi connectivity index (χ3n) is 10.8. The van der Waals surface area contributed by atoms with Crippen molar-refractivity contribution in [3.8, 4) is 44.5 Å². The molecule has 0 bridgehead atoms. The number of hydrogen-bond donors (Lipinski definition) is 0. The second-order valence-corrected chi connectivity index (χ2v) is 14.1. The van der Waals surface area contributed by atoms with Gasteiger partial charge in [-0.2, -0.15) is 0 Å². The number of anilines is 3. The molecular formula is C54H37N. The van der Waals surface area contributed by atoms with Gasteiger partial charge >= 0.3 is 0 Å². The largest absolute Gasteiger partial charge is 0.309 e. The number of hydrogen-bond acceptors (Lipinski definition) is 1. The smallest absolute Gasteiger partial charge is 0.0624 e. The average Bonchev–Trinajstić information content (AvgIpc) is 3.27. The Kier molecular flexibility index (Phi) is 8.24. The first kappa shape index (κ1) is 32.4. The van der Waals surface area contributed by atoms with Gasteiger partial charge in [-0.3, -0.25) is 0 Å². The molecule has 258 valence electrons. The first-order valence-corrected chi connectivity index (χ1v) is 18.9. The van der Waals surface area contributed by atoms with E-state index in [1.807, 2.05) is 0 Å². The van der Waals surface area contributed by atoms with Crippen LogP contribution in [0.5, 0.6) is 0 Å². The summed E-state index contributed by atoms with van der Waals surface area (Å²) in [7, 11) is 0. The third kappa shape index (κ3) is 5.93. The van der Waals surface area contributed by atoms with Crippen molar-refractivity contribution < 1.29 is 0 Å². The minimum Gasteiger partial charge on any atom is -0.309 e. The van der Waals surface area contributed by atoms with Crippen LogP contribution in [0.15, 0.2) is 224 Å². The zero-order chi connectivity index (χ0) is 36.6. The lowest BCUT2D eigenvalue weighted by Crippen LogP contribution is -2.12. The van der Waals surface area contributed by atoms with Gasteiger partial charge in [-0.1, -0.05) is 194 Å². The van der Waals surface area contributed by atoms with Crippen LogP contribution in [0, 0.1) is 0 Å². The van der Waals surface area contributed by atoms with Crippen molar-refractivity contribution in [2.24, 2.45) is 0 Å². The maximum Gasteiger partial charge on any atom is 0.0624 e. The highest BCUT2D eigenvalue weighted by molar-refractivity contribution is 6.22. The van der Waals surface area contributed by atoms with E-state index in [1.165, 1.54) is 76.8 Å². The van der Waals surface area contributed by atoms with Crippen molar-refractivity contribution >= 4 is 49.4 Å². The minimum atomic E-state index is 1.09. The van der Waals surface area contributed by atoms with E-state index in [9.17, 15) is 0 Å². The Morgan fingerprint density at radius 2 is 0.745 bits per heavy atom. The summed E-state index contributed by atoms with van der Waals surface area (Å²) in [6.45, 7) is 0. The predicted molar refractivity (Wildman–Crippen MR) is 235 cm³/mol. The van der Waals surface area contributed by atoms with Crippen molar-refractivity contribution in [1.29, 1.82) is 0 Å². The van der Waals surface area contributed by atoms with Gasteiger partial charge in [0.05, 0.1) is 5.69 Å². The fourth-order valence-corrected chi connectivity index (χ4v) is 8.26. The zero-order valence-electron chi connectivity index (χ0n) is 30.3. The second-order valence-electron chi connectivity index (χ2n) is 14.1. The third-order valence-corrected chi connectivity index (χ3v) is 10.8. The van der Waals surface area contributed by atoms with E-state index in [-0.39, 0.29) is 0 Å². The average molecular weight is 700 g/mol. The molecule has 0 spiro atoms. The van der Waals surface area contributed by atoms with Gasteiger partial charge in [0.25, 0.3) is 0 Å². The topological polar surface area (TPSA) is 3.24 Å². The van der Waals surface area contributed by atoms with Crippen molar-refractivity contribution in [3.63, 3.8) is 0 Å². The molecule has 0 aliphatic rings. The van der Waals surface area contributed by atoms with E-state index in [2.05, 4.69) is 229 Å². The SMILES string of the molecule is c1ccc(-c2ccc(N(c3cccc(-c4ccccc4)c3)c3c(-c4cccc(-c5cccc6ccccc56)c4)c4ccccc4c4ccccc34)cc2)cc1. The van der Waals surface area contributed by atoms with E-state index in [1.54, 1.807) is 0 Å². The van der Waals surface area contributed by atoms with Crippen LogP contribution in [0.2, 0.25) is 0 Å². The molecule has 55 heavy (non-hydrogen) atoms. The number of nitrogens with zero attached hydrogens (tertiary/aromatic N) is 1. The first-order valence-electron chi connectivity index (χ1n) is 18.9. The van der Waals surface area contributed by atoms with Gasteiger partial charge in [0.2, 0.25) is 0 Å². The van der Waals surface area contributed by atoms with Crippen molar-refractivity contribution in [2.75, 3.05) is 4.90 Å². The predicted octanol–water partition coefficient (Wildman–Crippen LogP) is 15.3. The van der Waals surface area contributed by atoms with Crippen LogP contribution >= 0.6 is 0 Å². The van der Waals surface area contributed by atoms with Gasteiger partial charge in [0.15, 0.2) is 0 Å². The molecule has 1 nitrogen and oxygen atoms in total. The normalized spacial score (nSPS) is 11.3. The molecule has 0 atom stereocenters. The summed E-state index contributed by atoms with van der Waals surface area (Å²) in [5.41, 5.74) is 12.9. The fourth-order valence-electron chi connectivity index (χ4n) is 8.26. The van der Waals surface area contributed by atoms with Gasteiger partial charge in [0.1, 0.15) is 0 Å². The summed E-state index contributed by atoms with van der Waals surface area (Å²) < 4.78 is 0.